The lowest BCUT2D eigenvalue weighted by Gasteiger charge is -2.25. The molecule has 236 valence electrons. The number of benzene rings is 2. The van der Waals surface area contributed by atoms with Gasteiger partial charge in [0.2, 0.25) is 5.91 Å². The molecule has 1 heterocycles. The van der Waals surface area contributed by atoms with Crippen LogP contribution in [-0.2, 0) is 20.9 Å². The Kier molecular flexibility index (Phi) is 12.8. The van der Waals surface area contributed by atoms with Gasteiger partial charge in [-0.2, -0.15) is 0 Å². The second kappa shape index (κ2) is 16.3. The molecule has 11 nitrogen and oxygen atoms in total. The lowest BCUT2D eigenvalue weighted by Crippen LogP contribution is -2.43. The van der Waals surface area contributed by atoms with Crippen molar-refractivity contribution in [3.63, 3.8) is 0 Å². The van der Waals surface area contributed by atoms with Crippen LogP contribution in [0.2, 0.25) is 5.02 Å². The number of anilines is 1. The smallest absolute Gasteiger partial charge is 0.302 e. The zero-order valence-corrected chi connectivity index (χ0v) is 26.2. The van der Waals surface area contributed by atoms with Gasteiger partial charge in [-0.1, -0.05) is 11.6 Å². The summed E-state index contributed by atoms with van der Waals surface area (Å²) in [5.74, 6) is 0.121. The number of halogens is 2. The number of fused-ring (bicyclic) bond motifs is 3. The Morgan fingerprint density at radius 1 is 1.30 bits per heavy atom. The number of amidine groups is 1. The maximum absolute atomic E-state index is 14.5. The van der Waals surface area contributed by atoms with Gasteiger partial charge in [0.1, 0.15) is 18.3 Å². The van der Waals surface area contributed by atoms with E-state index in [2.05, 4.69) is 20.5 Å². The Bertz CT molecular complexity index is 1310. The molecule has 0 saturated carbocycles. The van der Waals surface area contributed by atoms with E-state index in [-0.39, 0.29) is 29.3 Å². The number of carbonyl (C=O) groups excluding carboxylic acids is 2. The number of rotatable bonds is 9. The number of likely N-dealkylation sites (N-methyl/N-ethyl adjacent to an activating group) is 2. The van der Waals surface area contributed by atoms with Crippen molar-refractivity contribution in [1.29, 1.82) is 0 Å². The molecule has 0 fully saturated rings. The minimum absolute atomic E-state index is 0.0863. The van der Waals surface area contributed by atoms with Crippen molar-refractivity contribution in [2.24, 2.45) is 10.7 Å². The maximum Gasteiger partial charge on any atom is 0.302 e. The molecular weight excluding hydrogens is 579 g/mol. The van der Waals surface area contributed by atoms with Crippen LogP contribution in [0.5, 0.6) is 11.5 Å². The number of carbonyl (C=O) groups is 2. The van der Waals surface area contributed by atoms with Gasteiger partial charge in [-0.25, -0.2) is 9.38 Å². The molecule has 2 aromatic rings. The van der Waals surface area contributed by atoms with Crippen molar-refractivity contribution in [1.82, 2.24) is 15.1 Å². The van der Waals surface area contributed by atoms with Crippen molar-refractivity contribution in [2.75, 3.05) is 65.9 Å². The first-order valence-corrected chi connectivity index (χ1v) is 14.6. The molecule has 0 aliphatic carbocycles. The Balaban J connectivity index is 1.91. The van der Waals surface area contributed by atoms with E-state index in [0.29, 0.717) is 73.3 Å². The number of hydrogen-bond donors (Lipinski definition) is 3. The van der Waals surface area contributed by atoms with E-state index in [1.165, 1.54) is 19.1 Å². The quantitative estimate of drug-likeness (QED) is 0.285. The molecule has 1 aliphatic rings. The lowest BCUT2D eigenvalue weighted by molar-refractivity contribution is -0.141. The van der Waals surface area contributed by atoms with E-state index in [0.717, 1.165) is 13.0 Å². The van der Waals surface area contributed by atoms with Crippen LogP contribution in [0.4, 0.5) is 15.8 Å². The van der Waals surface area contributed by atoms with Gasteiger partial charge >= 0.3 is 5.97 Å². The Labute approximate surface area is 257 Å². The second-order valence-corrected chi connectivity index (χ2v) is 10.8. The first-order valence-electron chi connectivity index (χ1n) is 14.2. The monoisotopic (exact) mass is 620 g/mol. The minimum atomic E-state index is -0.585. The topological polar surface area (TPSA) is 131 Å². The van der Waals surface area contributed by atoms with Crippen LogP contribution < -0.4 is 25.8 Å². The van der Waals surface area contributed by atoms with Gasteiger partial charge in [-0.05, 0) is 57.6 Å². The summed E-state index contributed by atoms with van der Waals surface area (Å²) in [5, 5.41) is 5.99. The fraction of sp³-hybridized carbons (Fsp3) is 0.500. The SMILES string of the molecule is CNc1cc(OCCCN(C)CCOC(C)=O)c2cc1C(N)=Nc1cc(Cl)c(F)cc1CN(C)[C@H](C)C(=O)NCCCO2. The van der Waals surface area contributed by atoms with E-state index in [4.69, 9.17) is 31.5 Å². The maximum atomic E-state index is 14.5. The zero-order valence-electron chi connectivity index (χ0n) is 25.5. The summed E-state index contributed by atoms with van der Waals surface area (Å²) >= 11 is 6.12. The van der Waals surface area contributed by atoms with E-state index in [9.17, 15) is 14.0 Å². The predicted molar refractivity (Wildman–Crippen MR) is 166 cm³/mol. The first-order chi connectivity index (χ1) is 20.5. The summed E-state index contributed by atoms with van der Waals surface area (Å²) in [6, 6.07) is 5.83. The molecule has 4 N–H and O–H groups in total. The number of nitrogens with zero attached hydrogens (tertiary/aromatic N) is 3. The highest BCUT2D eigenvalue weighted by Crippen LogP contribution is 2.35. The Morgan fingerprint density at radius 3 is 2.79 bits per heavy atom. The van der Waals surface area contributed by atoms with Gasteiger partial charge < -0.3 is 35.5 Å². The van der Waals surface area contributed by atoms with Crippen LogP contribution in [0.25, 0.3) is 0 Å². The van der Waals surface area contributed by atoms with Gasteiger partial charge in [-0.3, -0.25) is 14.5 Å². The fourth-order valence-corrected chi connectivity index (χ4v) is 4.55. The molecule has 0 spiro atoms. The second-order valence-electron chi connectivity index (χ2n) is 10.4. The van der Waals surface area contributed by atoms with Crippen LogP contribution in [0.3, 0.4) is 0 Å². The number of nitrogens with one attached hydrogen (secondary N) is 2. The summed E-state index contributed by atoms with van der Waals surface area (Å²) in [5.41, 5.74) is 8.68. The van der Waals surface area contributed by atoms with E-state index in [1.807, 2.05) is 7.05 Å². The number of hydrogen-bond acceptors (Lipinski definition) is 10. The third-order valence-corrected chi connectivity index (χ3v) is 7.34. The molecule has 43 heavy (non-hydrogen) atoms. The third-order valence-electron chi connectivity index (χ3n) is 7.05. The minimum Gasteiger partial charge on any atom is -0.490 e. The normalized spacial score (nSPS) is 16.5. The van der Waals surface area contributed by atoms with E-state index >= 15 is 0 Å². The Hall–Kier alpha value is -3.61. The number of aliphatic imine (C=N–C) groups is 1. The van der Waals surface area contributed by atoms with Crippen LogP contribution in [0.1, 0.15) is 37.8 Å². The highest BCUT2D eigenvalue weighted by atomic mass is 35.5. The van der Waals surface area contributed by atoms with Crippen molar-refractivity contribution in [3.8, 4) is 11.5 Å². The molecule has 0 saturated heterocycles. The zero-order chi connectivity index (χ0) is 31.5. The lowest BCUT2D eigenvalue weighted by atomic mass is 10.1. The van der Waals surface area contributed by atoms with Gasteiger partial charge in [0.05, 0.1) is 30.0 Å². The predicted octanol–water partition coefficient (Wildman–Crippen LogP) is 3.54. The standard InChI is InChI=1S/C30H42ClFN6O5/c1-19-30(40)35-8-6-11-42-27-15-22(29(33)36-25-16-23(31)24(32)14-21(25)18-38(19)5)26(34-3)17-28(27)43-12-7-9-37(4)10-13-41-20(2)39/h14-17,19,34H,6-13,18H2,1-5H3,(H2,33,36)(H,35,40)/t19-/m1/s1. The molecule has 1 aliphatic heterocycles. The largest absolute Gasteiger partial charge is 0.490 e. The molecule has 0 unspecified atom stereocenters. The van der Waals surface area contributed by atoms with E-state index < -0.39 is 11.9 Å². The number of amides is 1. The average molecular weight is 621 g/mol. The average Bonchev–Trinajstić information content (AvgIpc) is 2.96. The number of nitrogens with two attached hydrogens (primary N) is 1. The number of ether oxygens (including phenoxy) is 3. The van der Waals surface area contributed by atoms with Gasteiger partial charge in [0.25, 0.3) is 0 Å². The highest BCUT2D eigenvalue weighted by Gasteiger charge is 2.21. The van der Waals surface area contributed by atoms with Crippen molar-refractivity contribution in [3.05, 3.63) is 46.2 Å². The molecule has 1 amide bonds. The molecule has 0 aromatic heterocycles. The summed E-state index contributed by atoms with van der Waals surface area (Å²) in [6.45, 7) is 6.27. The fourth-order valence-electron chi connectivity index (χ4n) is 4.40. The summed E-state index contributed by atoms with van der Waals surface area (Å²) in [7, 11) is 5.50. The van der Waals surface area contributed by atoms with Crippen LogP contribution in [0.15, 0.2) is 29.3 Å². The van der Waals surface area contributed by atoms with Crippen molar-refractivity contribution >= 4 is 40.7 Å². The van der Waals surface area contributed by atoms with Gasteiger partial charge in [0.15, 0.2) is 11.5 Å². The first kappa shape index (κ1) is 33.9. The molecule has 1 atom stereocenters. The number of esters is 1. The molecule has 0 radical (unpaired) electrons. The summed E-state index contributed by atoms with van der Waals surface area (Å²) in [6.07, 6.45) is 1.29. The third kappa shape index (κ3) is 9.97. The Morgan fingerprint density at radius 2 is 2.07 bits per heavy atom. The van der Waals surface area contributed by atoms with Crippen LogP contribution in [-0.4, -0.2) is 94.2 Å². The summed E-state index contributed by atoms with van der Waals surface area (Å²) in [4.78, 5) is 32.2. The molecular formula is C30H42ClFN6O5. The van der Waals surface area contributed by atoms with Gasteiger partial charge in [-0.15, -0.1) is 0 Å². The van der Waals surface area contributed by atoms with Crippen molar-refractivity contribution in [2.45, 2.75) is 39.3 Å². The van der Waals surface area contributed by atoms with E-state index in [1.54, 1.807) is 38.1 Å². The molecule has 2 aromatic carbocycles. The summed E-state index contributed by atoms with van der Waals surface area (Å²) < 4.78 is 31.7. The molecule has 13 heteroatoms. The van der Waals surface area contributed by atoms with Crippen molar-refractivity contribution < 1.29 is 28.2 Å². The van der Waals surface area contributed by atoms with Gasteiger partial charge in [0, 0.05) is 57.5 Å². The van der Waals surface area contributed by atoms with Crippen LogP contribution in [0, 0.1) is 5.82 Å². The highest BCUT2D eigenvalue weighted by molar-refractivity contribution is 6.31. The van der Waals surface area contributed by atoms with Crippen LogP contribution >= 0.6 is 11.6 Å². The molecule has 2 bridgehead atoms. The molecule has 3 rings (SSSR count).